The fourth-order valence-corrected chi connectivity index (χ4v) is 0.692. The summed E-state index contributed by atoms with van der Waals surface area (Å²) in [5.41, 5.74) is 0. The molecule has 0 aromatic rings. The van der Waals surface area contributed by atoms with Crippen molar-refractivity contribution in [2.75, 3.05) is 13.6 Å². The number of carbonyl (C=O) groups excluding carboxylic acids is 1. The number of carbonyl (C=O) groups is 1. The fraction of sp³-hybridized carbons (Fsp3) is 0.600. The molecule has 0 spiro atoms. The number of nitrogens with zero attached hydrogens (tertiary/aromatic N) is 2. The molecule has 1 saturated heterocycles. The first-order valence-electron chi connectivity index (χ1n) is 2.40. The molecule has 3 nitrogen and oxygen atoms in total. The van der Waals surface area contributed by atoms with Crippen molar-refractivity contribution in [1.82, 2.24) is 4.90 Å². The van der Waals surface area contributed by atoms with E-state index in [-0.39, 0.29) is 11.8 Å². The van der Waals surface area contributed by atoms with E-state index in [0.717, 1.165) is 0 Å². The smallest absolute Gasteiger partial charge is 0.241 e. The number of amides is 1. The minimum atomic E-state index is -0.347. The van der Waals surface area contributed by atoms with Gasteiger partial charge in [0.05, 0.1) is 6.07 Å². The predicted octanol–water partition coefficient (Wildman–Crippen LogP) is -0.402. The van der Waals surface area contributed by atoms with Gasteiger partial charge in [-0.25, -0.2) is 0 Å². The molecule has 0 aliphatic carbocycles. The van der Waals surface area contributed by atoms with E-state index in [1.165, 1.54) is 4.90 Å². The number of hydrogen-bond acceptors (Lipinski definition) is 2. The average molecular weight is 110 g/mol. The van der Waals surface area contributed by atoms with E-state index in [9.17, 15) is 4.79 Å². The molecule has 1 heterocycles. The van der Waals surface area contributed by atoms with Gasteiger partial charge in [0.2, 0.25) is 5.91 Å². The Bertz CT molecular complexity index is 158. The Morgan fingerprint density at radius 3 is 2.75 bits per heavy atom. The molecule has 42 valence electrons. The van der Waals surface area contributed by atoms with Gasteiger partial charge in [0, 0.05) is 13.6 Å². The molecule has 8 heavy (non-hydrogen) atoms. The van der Waals surface area contributed by atoms with Crippen LogP contribution in [0.5, 0.6) is 0 Å². The molecule has 1 atom stereocenters. The zero-order chi connectivity index (χ0) is 6.15. The van der Waals surface area contributed by atoms with Gasteiger partial charge in [-0.1, -0.05) is 0 Å². The van der Waals surface area contributed by atoms with Crippen LogP contribution in [0.25, 0.3) is 0 Å². The van der Waals surface area contributed by atoms with Gasteiger partial charge in [0.25, 0.3) is 0 Å². The lowest BCUT2D eigenvalue weighted by Gasteiger charge is -2.30. The largest absolute Gasteiger partial charge is 0.343 e. The molecule has 1 unspecified atom stereocenters. The van der Waals surface area contributed by atoms with Crippen molar-refractivity contribution in [3.8, 4) is 6.07 Å². The Hall–Kier alpha value is -1.04. The third-order valence-corrected chi connectivity index (χ3v) is 1.29. The highest BCUT2D eigenvalue weighted by atomic mass is 16.2. The van der Waals surface area contributed by atoms with Crippen molar-refractivity contribution in [2.45, 2.75) is 0 Å². The van der Waals surface area contributed by atoms with Crippen LogP contribution in [-0.2, 0) is 4.79 Å². The fourth-order valence-electron chi connectivity index (χ4n) is 0.692. The molecule has 1 rings (SSSR count). The van der Waals surface area contributed by atoms with E-state index >= 15 is 0 Å². The quantitative estimate of drug-likeness (QED) is 0.398. The molecule has 1 aliphatic heterocycles. The molecule has 0 aromatic heterocycles. The molecule has 0 radical (unpaired) electrons. The summed E-state index contributed by atoms with van der Waals surface area (Å²) in [4.78, 5) is 12.0. The molecule has 3 heteroatoms. The maximum atomic E-state index is 10.5. The lowest BCUT2D eigenvalue weighted by Crippen LogP contribution is -2.48. The summed E-state index contributed by atoms with van der Waals surface area (Å²) < 4.78 is 0. The highest BCUT2D eigenvalue weighted by Crippen LogP contribution is 2.12. The number of hydrogen-bond donors (Lipinski definition) is 0. The highest BCUT2D eigenvalue weighted by molar-refractivity contribution is 5.86. The molecule has 0 aromatic carbocycles. The van der Waals surface area contributed by atoms with Crippen molar-refractivity contribution in [2.24, 2.45) is 5.92 Å². The lowest BCUT2D eigenvalue weighted by atomic mass is 10.0. The van der Waals surface area contributed by atoms with Crippen molar-refractivity contribution >= 4 is 5.91 Å². The number of rotatable bonds is 0. The monoisotopic (exact) mass is 110 g/mol. The SMILES string of the molecule is CN1CC(C#N)C1=O. The minimum Gasteiger partial charge on any atom is -0.343 e. The minimum absolute atomic E-state index is 0.0486. The summed E-state index contributed by atoms with van der Waals surface area (Å²) in [6, 6.07) is 1.89. The summed E-state index contributed by atoms with van der Waals surface area (Å²) in [7, 11) is 1.69. The normalized spacial score (nSPS) is 26.8. The summed E-state index contributed by atoms with van der Waals surface area (Å²) in [6.45, 7) is 0.606. The molecular formula is C5H6N2O. The van der Waals surface area contributed by atoms with E-state index in [1.54, 1.807) is 7.05 Å². The van der Waals surface area contributed by atoms with E-state index < -0.39 is 0 Å². The zero-order valence-corrected chi connectivity index (χ0v) is 4.59. The van der Waals surface area contributed by atoms with Gasteiger partial charge in [0.15, 0.2) is 0 Å². The van der Waals surface area contributed by atoms with Gasteiger partial charge in [0.1, 0.15) is 5.92 Å². The topological polar surface area (TPSA) is 44.1 Å². The second-order valence-electron chi connectivity index (χ2n) is 1.90. The van der Waals surface area contributed by atoms with Gasteiger partial charge in [-0.05, 0) is 0 Å². The van der Waals surface area contributed by atoms with Crippen molar-refractivity contribution < 1.29 is 4.79 Å². The van der Waals surface area contributed by atoms with Crippen LogP contribution >= 0.6 is 0 Å². The Morgan fingerprint density at radius 1 is 2.00 bits per heavy atom. The second kappa shape index (κ2) is 1.48. The molecule has 1 amide bonds. The zero-order valence-electron chi connectivity index (χ0n) is 4.59. The van der Waals surface area contributed by atoms with Gasteiger partial charge in [-0.3, -0.25) is 4.79 Å². The number of nitriles is 1. The Balaban J connectivity index is 2.51. The number of β-lactam (4-membered cyclic amide) rings is 1. The molecule has 0 N–H and O–H groups in total. The Labute approximate surface area is 47.5 Å². The van der Waals surface area contributed by atoms with Gasteiger partial charge in [-0.15, -0.1) is 0 Å². The van der Waals surface area contributed by atoms with E-state index in [2.05, 4.69) is 0 Å². The third-order valence-electron chi connectivity index (χ3n) is 1.29. The van der Waals surface area contributed by atoms with Crippen LogP contribution in [0.1, 0.15) is 0 Å². The lowest BCUT2D eigenvalue weighted by molar-refractivity contribution is -0.142. The first-order valence-corrected chi connectivity index (χ1v) is 2.40. The molecule has 0 bridgehead atoms. The van der Waals surface area contributed by atoms with Crippen LogP contribution in [0.15, 0.2) is 0 Å². The highest BCUT2D eigenvalue weighted by Gasteiger charge is 2.33. The molecule has 1 fully saturated rings. The predicted molar refractivity (Wildman–Crippen MR) is 26.7 cm³/mol. The first kappa shape index (κ1) is 5.10. The van der Waals surface area contributed by atoms with Crippen molar-refractivity contribution in [3.63, 3.8) is 0 Å². The summed E-state index contributed by atoms with van der Waals surface area (Å²) in [5, 5.41) is 8.18. The summed E-state index contributed by atoms with van der Waals surface area (Å²) in [5.74, 6) is -0.396. The van der Waals surface area contributed by atoms with Crippen LogP contribution in [0.2, 0.25) is 0 Å². The number of likely N-dealkylation sites (tertiary alicyclic amines) is 1. The van der Waals surface area contributed by atoms with Gasteiger partial charge < -0.3 is 4.90 Å². The second-order valence-corrected chi connectivity index (χ2v) is 1.90. The van der Waals surface area contributed by atoms with Crippen LogP contribution in [-0.4, -0.2) is 24.4 Å². The Morgan fingerprint density at radius 2 is 2.62 bits per heavy atom. The molecular weight excluding hydrogens is 104 g/mol. The van der Waals surface area contributed by atoms with E-state index in [0.29, 0.717) is 6.54 Å². The van der Waals surface area contributed by atoms with Crippen LogP contribution in [0.4, 0.5) is 0 Å². The van der Waals surface area contributed by atoms with Crippen molar-refractivity contribution in [3.05, 3.63) is 0 Å². The van der Waals surface area contributed by atoms with Crippen LogP contribution in [0, 0.1) is 17.2 Å². The maximum Gasteiger partial charge on any atom is 0.241 e. The standard InChI is InChI=1S/C5H6N2O/c1-7-3-4(2-6)5(7)8/h4H,3H2,1H3. The summed E-state index contributed by atoms with van der Waals surface area (Å²) >= 11 is 0. The van der Waals surface area contributed by atoms with E-state index in [4.69, 9.17) is 5.26 Å². The van der Waals surface area contributed by atoms with Gasteiger partial charge in [-0.2, -0.15) is 5.26 Å². The maximum absolute atomic E-state index is 10.5. The molecule has 0 saturated carbocycles. The molecule has 1 aliphatic rings. The van der Waals surface area contributed by atoms with Crippen LogP contribution < -0.4 is 0 Å². The first-order chi connectivity index (χ1) is 3.75. The van der Waals surface area contributed by atoms with E-state index in [1.807, 2.05) is 6.07 Å². The average Bonchev–Trinajstić information content (AvgIpc) is 1.81. The van der Waals surface area contributed by atoms with Crippen LogP contribution in [0.3, 0.4) is 0 Å². The summed E-state index contributed by atoms with van der Waals surface area (Å²) in [6.07, 6.45) is 0. The third kappa shape index (κ3) is 0.463. The van der Waals surface area contributed by atoms with Gasteiger partial charge >= 0.3 is 0 Å². The Kier molecular flexibility index (Phi) is 0.943. The van der Waals surface area contributed by atoms with Crippen molar-refractivity contribution in [1.29, 1.82) is 5.26 Å².